The molecule has 6 aliphatic rings. The van der Waals surface area contributed by atoms with Crippen LogP contribution in [0.25, 0.3) is 0 Å². The summed E-state index contributed by atoms with van der Waals surface area (Å²) in [6, 6.07) is 0. The van der Waals surface area contributed by atoms with Crippen LogP contribution in [0, 0.1) is 11.8 Å². The number of aliphatic imine (C=N–C) groups is 3. The van der Waals surface area contributed by atoms with Crippen molar-refractivity contribution in [2.45, 2.75) is 67.2 Å². The zero-order valence-electron chi connectivity index (χ0n) is 24.3. The number of esters is 1. The van der Waals surface area contributed by atoms with E-state index >= 15 is 0 Å². The highest BCUT2D eigenvalue weighted by atomic mass is 16.5. The van der Waals surface area contributed by atoms with Gasteiger partial charge >= 0.3 is 5.97 Å². The van der Waals surface area contributed by atoms with E-state index in [0.717, 1.165) is 85.5 Å². The van der Waals surface area contributed by atoms with Crippen molar-refractivity contribution in [2.24, 2.45) is 26.8 Å². The molecular formula is C33H36N4O3. The molecule has 5 heterocycles. The highest BCUT2D eigenvalue weighted by molar-refractivity contribution is 6.21. The van der Waals surface area contributed by atoms with Crippen molar-refractivity contribution in [3.05, 3.63) is 91.5 Å². The summed E-state index contributed by atoms with van der Waals surface area (Å²) in [5.41, 5.74) is 14.9. The molecule has 1 aliphatic carbocycles. The van der Waals surface area contributed by atoms with Crippen molar-refractivity contribution in [1.29, 1.82) is 0 Å². The summed E-state index contributed by atoms with van der Waals surface area (Å²) in [6.07, 6.45) is 8.54. The van der Waals surface area contributed by atoms with Crippen LogP contribution in [0.3, 0.4) is 0 Å². The molecule has 6 rings (SSSR count). The fourth-order valence-corrected chi connectivity index (χ4v) is 6.61. The van der Waals surface area contributed by atoms with Gasteiger partial charge in [0.1, 0.15) is 5.76 Å². The Morgan fingerprint density at radius 2 is 1.73 bits per heavy atom. The summed E-state index contributed by atoms with van der Waals surface area (Å²) in [5, 5.41) is 14.9. The quantitative estimate of drug-likeness (QED) is 0.394. The molecule has 7 heteroatoms. The van der Waals surface area contributed by atoms with Crippen molar-refractivity contribution in [3.63, 3.8) is 0 Å². The Labute approximate surface area is 235 Å². The number of carbonyl (C=O) groups is 1. The van der Waals surface area contributed by atoms with Crippen LogP contribution in [0.1, 0.15) is 67.2 Å². The van der Waals surface area contributed by atoms with E-state index in [4.69, 9.17) is 19.7 Å². The third-order valence-corrected chi connectivity index (χ3v) is 9.25. The van der Waals surface area contributed by atoms with Crippen LogP contribution in [-0.2, 0) is 9.53 Å². The number of carbonyl (C=O) groups excluding carboxylic acids is 1. The number of nitrogens with one attached hydrogen (secondary N) is 1. The van der Waals surface area contributed by atoms with Crippen LogP contribution in [0.4, 0.5) is 0 Å². The second-order valence-corrected chi connectivity index (χ2v) is 11.4. The second kappa shape index (κ2) is 9.58. The van der Waals surface area contributed by atoms with Gasteiger partial charge in [0.15, 0.2) is 0 Å². The largest absolute Gasteiger partial charge is 0.511 e. The van der Waals surface area contributed by atoms with E-state index < -0.39 is 0 Å². The zero-order chi connectivity index (χ0) is 28.5. The van der Waals surface area contributed by atoms with Crippen LogP contribution in [0.15, 0.2) is 106 Å². The van der Waals surface area contributed by atoms with Gasteiger partial charge in [0.2, 0.25) is 0 Å². The number of aliphatic hydroxyl groups is 1. The normalized spacial score (nSPS) is 25.4. The van der Waals surface area contributed by atoms with E-state index in [1.165, 1.54) is 12.7 Å². The molecular weight excluding hydrogens is 500 g/mol. The van der Waals surface area contributed by atoms with Crippen molar-refractivity contribution < 1.29 is 14.6 Å². The first kappa shape index (κ1) is 26.2. The molecule has 40 heavy (non-hydrogen) atoms. The lowest BCUT2D eigenvalue weighted by Crippen LogP contribution is -2.16. The molecule has 0 radical (unpaired) electrons. The van der Waals surface area contributed by atoms with Crippen molar-refractivity contribution in [2.75, 3.05) is 7.11 Å². The summed E-state index contributed by atoms with van der Waals surface area (Å²) in [6.45, 7) is 12.7. The maximum atomic E-state index is 12.1. The van der Waals surface area contributed by atoms with Gasteiger partial charge in [0, 0.05) is 47.2 Å². The molecule has 0 aromatic carbocycles. The topological polar surface area (TPSA) is 95.6 Å². The molecule has 1 saturated heterocycles. The summed E-state index contributed by atoms with van der Waals surface area (Å²) in [4.78, 5) is 27.3. The molecule has 206 valence electrons. The molecule has 0 aromatic rings. The lowest BCUT2D eigenvalue weighted by Gasteiger charge is -2.17. The van der Waals surface area contributed by atoms with Crippen LogP contribution in [-0.4, -0.2) is 35.3 Å². The van der Waals surface area contributed by atoms with Gasteiger partial charge in [-0.1, -0.05) is 13.8 Å². The summed E-state index contributed by atoms with van der Waals surface area (Å²) >= 11 is 0. The molecule has 0 amide bonds. The number of methoxy groups -OCH3 is 1. The molecule has 0 spiro atoms. The van der Waals surface area contributed by atoms with E-state index in [0.29, 0.717) is 25.0 Å². The van der Waals surface area contributed by atoms with Gasteiger partial charge in [-0.2, -0.15) is 0 Å². The predicted octanol–water partition coefficient (Wildman–Crippen LogP) is 6.63. The lowest BCUT2D eigenvalue weighted by molar-refractivity contribution is -0.140. The number of fused-ring (bicyclic) bond motifs is 5. The maximum Gasteiger partial charge on any atom is 0.305 e. The Hall–Kier alpha value is -4.00. The second-order valence-electron chi connectivity index (χ2n) is 11.4. The van der Waals surface area contributed by atoms with E-state index in [1.807, 2.05) is 6.92 Å². The SMILES string of the molecule is CCC1=C(C)C2=NC1=CC1=C(C)C3=C(O)CC(=C4NC(=CC5=NC(=C2)C(C)=C5C)[C@@H](C)[C@@H]4CCC(=O)OC)C3=N1. The number of ether oxygens (including phenoxy) is 1. The Balaban J connectivity index is 1.58. The van der Waals surface area contributed by atoms with Crippen LogP contribution < -0.4 is 5.32 Å². The van der Waals surface area contributed by atoms with Gasteiger partial charge < -0.3 is 15.2 Å². The van der Waals surface area contributed by atoms with Gasteiger partial charge in [-0.15, -0.1) is 0 Å². The number of rotatable bonds is 4. The Morgan fingerprint density at radius 1 is 1.00 bits per heavy atom. The monoisotopic (exact) mass is 536 g/mol. The van der Waals surface area contributed by atoms with Gasteiger partial charge in [-0.25, -0.2) is 15.0 Å². The molecule has 2 N–H and O–H groups in total. The summed E-state index contributed by atoms with van der Waals surface area (Å²) < 4.78 is 4.97. The van der Waals surface area contributed by atoms with Crippen LogP contribution in [0.2, 0.25) is 0 Å². The molecule has 0 aromatic heterocycles. The van der Waals surface area contributed by atoms with Gasteiger partial charge in [0.05, 0.1) is 41.3 Å². The Morgan fingerprint density at radius 3 is 2.45 bits per heavy atom. The average Bonchev–Trinajstić information content (AvgIpc) is 3.67. The van der Waals surface area contributed by atoms with Gasteiger partial charge in [-0.05, 0) is 86.6 Å². The number of nitrogens with zero attached hydrogens (tertiary/aromatic N) is 3. The molecule has 1 fully saturated rings. The molecule has 2 atom stereocenters. The lowest BCUT2D eigenvalue weighted by atomic mass is 9.86. The first-order valence-corrected chi connectivity index (χ1v) is 14.1. The number of allylic oxidation sites excluding steroid dienone is 12. The zero-order valence-corrected chi connectivity index (χ0v) is 24.3. The van der Waals surface area contributed by atoms with Gasteiger partial charge in [0.25, 0.3) is 0 Å². The van der Waals surface area contributed by atoms with E-state index in [-0.39, 0.29) is 17.8 Å². The Bertz CT molecular complexity index is 1630. The number of aliphatic hydroxyl groups excluding tert-OH is 1. The van der Waals surface area contributed by atoms with Crippen LogP contribution in [0.5, 0.6) is 0 Å². The van der Waals surface area contributed by atoms with Crippen molar-refractivity contribution >= 4 is 23.1 Å². The molecule has 0 saturated carbocycles. The first-order valence-electron chi connectivity index (χ1n) is 14.1. The molecule has 7 nitrogen and oxygen atoms in total. The average molecular weight is 537 g/mol. The summed E-state index contributed by atoms with van der Waals surface area (Å²) in [7, 11) is 1.43. The van der Waals surface area contributed by atoms with E-state index in [1.54, 1.807) is 0 Å². The minimum absolute atomic E-state index is 0.0508. The number of hydrogen-bond donors (Lipinski definition) is 2. The van der Waals surface area contributed by atoms with Crippen molar-refractivity contribution in [1.82, 2.24) is 5.32 Å². The maximum absolute atomic E-state index is 12.1. The van der Waals surface area contributed by atoms with E-state index in [9.17, 15) is 9.90 Å². The first-order chi connectivity index (χ1) is 19.1. The minimum atomic E-state index is -0.221. The fourth-order valence-electron chi connectivity index (χ4n) is 6.61. The fraction of sp³-hybridized carbons (Fsp3) is 0.394. The molecule has 8 bridgehead atoms. The standard InChI is InChI=1S/C33H36N4O3/c1-8-20-17(4)25-12-23-15(2)16(3)24(34-23)13-26-18(5)21(9-10-30(39)40-7)32(36-26)22-11-29(38)31-19(6)27(37-33(22)31)14-28(20)35-25/h12-14,18,21,36,38H,8-11H2,1-7H3/t18-,21-/m0/s1. The third kappa shape index (κ3) is 3.94. The Kier molecular flexibility index (Phi) is 6.28. The smallest absolute Gasteiger partial charge is 0.305 e. The minimum Gasteiger partial charge on any atom is -0.511 e. The van der Waals surface area contributed by atoms with Crippen LogP contribution >= 0.6 is 0 Å². The third-order valence-electron chi connectivity index (χ3n) is 9.25. The van der Waals surface area contributed by atoms with Crippen molar-refractivity contribution in [3.8, 4) is 0 Å². The van der Waals surface area contributed by atoms with E-state index in [2.05, 4.69) is 58.2 Å². The van der Waals surface area contributed by atoms with Gasteiger partial charge in [-0.3, -0.25) is 4.79 Å². The summed E-state index contributed by atoms with van der Waals surface area (Å²) in [5.74, 6) is 0.288. The highest BCUT2D eigenvalue weighted by Gasteiger charge is 2.41. The number of hydrogen-bond acceptors (Lipinski definition) is 7. The molecule has 5 aliphatic heterocycles. The molecule has 0 unspecified atom stereocenters. The highest BCUT2D eigenvalue weighted by Crippen LogP contribution is 2.46. The predicted molar refractivity (Wildman–Crippen MR) is 159 cm³/mol.